The molecule has 2 aromatic heterocycles. The summed E-state index contributed by atoms with van der Waals surface area (Å²) in [7, 11) is 0. The van der Waals surface area contributed by atoms with E-state index in [1.807, 2.05) is 109 Å². The normalized spacial score (nSPS) is 15.4. The van der Waals surface area contributed by atoms with Gasteiger partial charge in [0.15, 0.2) is 0 Å². The van der Waals surface area contributed by atoms with Gasteiger partial charge in [-0.25, -0.2) is 0 Å². The maximum Gasteiger partial charge on any atom is 0.0645 e. The molecule has 0 saturated carbocycles. The molecule has 0 aliphatic heterocycles. The average molecular weight is 799 g/mol. The fourth-order valence-corrected chi connectivity index (χ4v) is 9.86. The summed E-state index contributed by atoms with van der Waals surface area (Å²) in [4.78, 5) is 0. The van der Waals surface area contributed by atoms with Crippen molar-refractivity contribution in [3.63, 3.8) is 0 Å². The highest BCUT2D eigenvalue weighted by Crippen LogP contribution is 2.42. The lowest BCUT2D eigenvalue weighted by atomic mass is 9.94. The summed E-state index contributed by atoms with van der Waals surface area (Å²) in [5.41, 5.74) is -0.289. The van der Waals surface area contributed by atoms with Gasteiger partial charge in [0.25, 0.3) is 0 Å². The zero-order valence-corrected chi connectivity index (χ0v) is 32.6. The first-order valence-electron chi connectivity index (χ1n) is 27.4. The molecule has 0 bridgehead atoms. The van der Waals surface area contributed by atoms with Crippen molar-refractivity contribution in [1.29, 1.82) is 0 Å². The molecule has 0 amide bonds. The SMILES string of the molecule is [2H]c1c([2H])c([2H])c2c(c1[2H])c1c([2H])c(-c3c([2H])c([2H])c4c(c3[2H])c3c([2H])c([2H])c([2H])c([2H])c3n4-c3ccc4c5ccccc5c5ccccc5c4c3)c([2H])c([2H])c1n2-c1ccc2c3ccccc3c3ccccc3c2c1. The van der Waals surface area contributed by atoms with Gasteiger partial charge in [-0.1, -0.05) is 158 Å². The third kappa shape index (κ3) is 4.64. The fraction of sp³-hybridized carbons (Fsp3) is 0. The van der Waals surface area contributed by atoms with Crippen LogP contribution in [0.4, 0.5) is 0 Å². The van der Waals surface area contributed by atoms with Gasteiger partial charge in [0.1, 0.15) is 0 Å². The highest BCUT2D eigenvalue weighted by Gasteiger charge is 2.18. The van der Waals surface area contributed by atoms with E-state index in [2.05, 4.69) is 12.1 Å². The van der Waals surface area contributed by atoms with Crippen molar-refractivity contribution < 1.29 is 19.2 Å². The number of hydrogen-bond donors (Lipinski definition) is 0. The summed E-state index contributed by atoms with van der Waals surface area (Å²) < 4.78 is 135. The van der Waals surface area contributed by atoms with E-state index in [4.69, 9.17) is 5.48 Å². The molecule has 0 fully saturated rings. The molecule has 286 valence electrons. The van der Waals surface area contributed by atoms with E-state index in [1.54, 1.807) is 12.1 Å². The molecule has 62 heavy (non-hydrogen) atoms. The highest BCUT2D eigenvalue weighted by molar-refractivity contribution is 6.27. The monoisotopic (exact) mass is 798 g/mol. The van der Waals surface area contributed by atoms with Crippen molar-refractivity contribution in [2.24, 2.45) is 0 Å². The van der Waals surface area contributed by atoms with Crippen molar-refractivity contribution in [1.82, 2.24) is 9.13 Å². The molecule has 12 aromatic carbocycles. The molecule has 0 saturated heterocycles. The van der Waals surface area contributed by atoms with E-state index < -0.39 is 95.7 Å². The van der Waals surface area contributed by atoms with Gasteiger partial charge < -0.3 is 9.13 Å². The number of benzene rings is 12. The highest BCUT2D eigenvalue weighted by atomic mass is 15.0. The summed E-state index contributed by atoms with van der Waals surface area (Å²) in [5.74, 6) is 0. The van der Waals surface area contributed by atoms with Gasteiger partial charge in [-0.15, -0.1) is 0 Å². The Kier molecular flexibility index (Phi) is 4.69. The summed E-state index contributed by atoms with van der Waals surface area (Å²) in [6, 6.07) is 35.6. The summed E-state index contributed by atoms with van der Waals surface area (Å²) in [5, 5.41) is 10.8. The van der Waals surface area contributed by atoms with Crippen molar-refractivity contribution in [3.05, 3.63) is 218 Å². The second-order valence-corrected chi connectivity index (χ2v) is 15.7. The molecular formula is C60H36N2. The predicted molar refractivity (Wildman–Crippen MR) is 266 cm³/mol. The number of para-hydroxylation sites is 2. The fourth-order valence-electron chi connectivity index (χ4n) is 9.86. The maximum atomic E-state index is 10.1. The van der Waals surface area contributed by atoms with Gasteiger partial charge in [-0.2, -0.15) is 0 Å². The second-order valence-electron chi connectivity index (χ2n) is 15.7. The van der Waals surface area contributed by atoms with Gasteiger partial charge in [0.05, 0.1) is 41.3 Å². The molecule has 14 aromatic rings. The third-order valence-electron chi connectivity index (χ3n) is 12.5. The molecule has 0 aliphatic rings. The third-order valence-corrected chi connectivity index (χ3v) is 12.5. The van der Waals surface area contributed by atoms with Crippen LogP contribution in [-0.4, -0.2) is 9.13 Å². The minimum Gasteiger partial charge on any atom is -0.309 e. The first-order chi connectivity index (χ1) is 36.6. The van der Waals surface area contributed by atoms with Gasteiger partial charge in [0.2, 0.25) is 0 Å². The van der Waals surface area contributed by atoms with Crippen LogP contribution >= 0.6 is 0 Å². The first kappa shape index (κ1) is 23.0. The molecular weight excluding hydrogens is 749 g/mol. The molecule has 0 radical (unpaired) electrons. The van der Waals surface area contributed by atoms with Crippen LogP contribution in [0.3, 0.4) is 0 Å². The topological polar surface area (TPSA) is 9.86 Å². The maximum absolute atomic E-state index is 10.1. The van der Waals surface area contributed by atoms with E-state index in [1.165, 1.54) is 9.13 Å². The molecule has 2 heterocycles. The van der Waals surface area contributed by atoms with Crippen LogP contribution in [0, 0.1) is 0 Å². The van der Waals surface area contributed by atoms with E-state index in [0.717, 1.165) is 64.6 Å². The van der Waals surface area contributed by atoms with Gasteiger partial charge in [0, 0.05) is 32.9 Å². The second kappa shape index (κ2) is 12.7. The van der Waals surface area contributed by atoms with Crippen LogP contribution in [-0.2, 0) is 0 Å². The summed E-state index contributed by atoms with van der Waals surface area (Å²) in [6.45, 7) is 0. The molecule has 14 rings (SSSR count). The standard InChI is InChI=1S/C60H36N2/c1-3-17-45-41(13-1)43-15-5-7-19-47(43)53-35-39(27-29-49(45)53)61-57-23-11-9-21-51(57)55-33-37(25-31-59(55)61)38-26-32-60-56(34-38)52-22-10-12-24-58(52)62(60)40-28-30-50-46-18-4-2-14-42(46)44-16-6-8-20-48(44)54(50)36-40/h1-36H/i9D,10D,11D,12D,21D,22D,23D,24D,25D,26D,31D,32D,33D,34D. The number of nitrogens with zero attached hydrogens (tertiary/aromatic N) is 2. The Bertz CT molecular complexity index is 4670. The zero-order chi connectivity index (χ0) is 52.7. The smallest absolute Gasteiger partial charge is 0.0645 e. The van der Waals surface area contributed by atoms with Crippen molar-refractivity contribution in [3.8, 4) is 22.5 Å². The van der Waals surface area contributed by atoms with E-state index in [0.29, 0.717) is 11.4 Å². The van der Waals surface area contributed by atoms with Gasteiger partial charge in [-0.05, 0) is 136 Å². The molecule has 0 unspecified atom stereocenters. The average Bonchev–Trinajstić information content (AvgIpc) is 4.03. The van der Waals surface area contributed by atoms with Crippen molar-refractivity contribution in [2.45, 2.75) is 0 Å². The molecule has 0 spiro atoms. The zero-order valence-electron chi connectivity index (χ0n) is 46.6. The first-order valence-corrected chi connectivity index (χ1v) is 20.4. The largest absolute Gasteiger partial charge is 0.309 e. The van der Waals surface area contributed by atoms with Crippen LogP contribution in [0.5, 0.6) is 0 Å². The number of hydrogen-bond acceptors (Lipinski definition) is 0. The molecule has 0 atom stereocenters. The number of fused-ring (bicyclic) bond motifs is 18. The predicted octanol–water partition coefficient (Wildman–Crippen LogP) is 16.5. The van der Waals surface area contributed by atoms with E-state index in [9.17, 15) is 13.7 Å². The quantitative estimate of drug-likeness (QED) is 0.158. The molecule has 2 heteroatoms. The number of aromatic nitrogens is 2. The van der Waals surface area contributed by atoms with Crippen molar-refractivity contribution in [2.75, 3.05) is 0 Å². The minimum absolute atomic E-state index is 0.0481. The molecule has 0 aliphatic carbocycles. The summed E-state index contributed by atoms with van der Waals surface area (Å²) in [6.07, 6.45) is 0. The van der Waals surface area contributed by atoms with Crippen LogP contribution in [0.15, 0.2) is 218 Å². The number of rotatable bonds is 3. The lowest BCUT2D eigenvalue weighted by Crippen LogP contribution is -1.95. The molecule has 2 nitrogen and oxygen atoms in total. The Hall–Kier alpha value is -8.20. The Morgan fingerprint density at radius 3 is 0.935 bits per heavy atom. The van der Waals surface area contributed by atoms with E-state index in [-0.39, 0.29) is 43.6 Å². The Morgan fingerprint density at radius 1 is 0.258 bits per heavy atom. The Balaban J connectivity index is 1.10. The lowest BCUT2D eigenvalue weighted by molar-refractivity contribution is 1.19. The lowest BCUT2D eigenvalue weighted by Gasteiger charge is -2.14. The van der Waals surface area contributed by atoms with Crippen molar-refractivity contribution >= 4 is 108 Å². The Labute approximate surface area is 376 Å². The van der Waals surface area contributed by atoms with Crippen LogP contribution in [0.2, 0.25) is 0 Å². The van der Waals surface area contributed by atoms with Crippen LogP contribution in [0.25, 0.3) is 131 Å². The molecule has 0 N–H and O–H groups in total. The van der Waals surface area contributed by atoms with Crippen LogP contribution < -0.4 is 0 Å². The van der Waals surface area contributed by atoms with Gasteiger partial charge >= 0.3 is 0 Å². The minimum atomic E-state index is -0.617. The Morgan fingerprint density at radius 2 is 0.565 bits per heavy atom. The van der Waals surface area contributed by atoms with Crippen LogP contribution in [0.1, 0.15) is 19.2 Å². The van der Waals surface area contributed by atoms with E-state index >= 15 is 0 Å². The summed E-state index contributed by atoms with van der Waals surface area (Å²) >= 11 is 0. The van der Waals surface area contributed by atoms with Gasteiger partial charge in [-0.3, -0.25) is 0 Å².